The number of carbonyl (C=O) groups excluding carboxylic acids is 2. The lowest BCUT2D eigenvalue weighted by molar-refractivity contribution is -0.145. The molecule has 0 aromatic rings. The van der Waals surface area contributed by atoms with Crippen LogP contribution in [-0.4, -0.2) is 72.7 Å². The maximum absolute atomic E-state index is 11.8. The van der Waals surface area contributed by atoms with Gasteiger partial charge >= 0.3 is 5.97 Å². The number of piperidine rings is 1. The first kappa shape index (κ1) is 15.3. The highest BCUT2D eigenvalue weighted by Crippen LogP contribution is 2.19. The Kier molecular flexibility index (Phi) is 5.37. The van der Waals surface area contributed by atoms with Crippen LogP contribution in [0, 0.1) is 5.92 Å². The molecule has 2 fully saturated rings. The lowest BCUT2D eigenvalue weighted by Crippen LogP contribution is -2.38. The van der Waals surface area contributed by atoms with Crippen molar-refractivity contribution in [3.63, 3.8) is 0 Å². The number of esters is 1. The third-order valence-electron chi connectivity index (χ3n) is 4.21. The molecule has 0 bridgehead atoms. The van der Waals surface area contributed by atoms with Crippen LogP contribution >= 0.6 is 0 Å². The average Bonchev–Trinajstić information content (AvgIpc) is 2.82. The van der Waals surface area contributed by atoms with Gasteiger partial charge < -0.3 is 19.6 Å². The second-order valence-electron chi connectivity index (χ2n) is 5.69. The minimum atomic E-state index is -0.294. The van der Waals surface area contributed by atoms with Gasteiger partial charge in [-0.2, -0.15) is 0 Å². The van der Waals surface area contributed by atoms with Gasteiger partial charge in [-0.15, -0.1) is 0 Å². The number of methoxy groups -OCH3 is 1. The highest BCUT2D eigenvalue weighted by atomic mass is 16.5. The smallest absolute Gasteiger partial charge is 0.310 e. The van der Waals surface area contributed by atoms with Crippen LogP contribution in [-0.2, 0) is 14.3 Å². The summed E-state index contributed by atoms with van der Waals surface area (Å²) in [6.45, 7) is 3.99. The van der Waals surface area contributed by atoms with Crippen LogP contribution in [0.25, 0.3) is 0 Å². The number of ether oxygens (including phenoxy) is 1. The molecule has 2 aliphatic heterocycles. The highest BCUT2D eigenvalue weighted by molar-refractivity contribution is 5.86. The Hall–Kier alpha value is -1.14. The van der Waals surface area contributed by atoms with E-state index in [9.17, 15) is 14.7 Å². The second kappa shape index (κ2) is 7.04. The number of aliphatic hydroxyl groups excluding tert-OH is 1. The minimum absolute atomic E-state index is 0.0504. The van der Waals surface area contributed by atoms with E-state index in [0.717, 1.165) is 38.9 Å². The molecule has 1 N–H and O–H groups in total. The molecule has 2 aliphatic rings. The van der Waals surface area contributed by atoms with E-state index in [0.29, 0.717) is 13.1 Å². The lowest BCUT2D eigenvalue weighted by atomic mass is 10.1. The Balaban J connectivity index is 1.67. The monoisotopic (exact) mass is 284 g/mol. The molecule has 0 aromatic heterocycles. The van der Waals surface area contributed by atoms with E-state index in [-0.39, 0.29) is 30.3 Å². The molecule has 0 aliphatic carbocycles. The molecule has 2 heterocycles. The molecule has 20 heavy (non-hydrogen) atoms. The predicted octanol–water partition coefficient (Wildman–Crippen LogP) is -0.145. The molecular formula is C14H24N2O4. The molecule has 1 atom stereocenters. The largest absolute Gasteiger partial charge is 0.469 e. The number of nitrogens with zero attached hydrogens (tertiary/aromatic N) is 2. The Morgan fingerprint density at radius 2 is 2.05 bits per heavy atom. The highest BCUT2D eigenvalue weighted by Gasteiger charge is 2.34. The first-order valence-electron chi connectivity index (χ1n) is 7.36. The van der Waals surface area contributed by atoms with Crippen molar-refractivity contribution in [2.75, 3.05) is 39.8 Å². The van der Waals surface area contributed by atoms with E-state index < -0.39 is 0 Å². The van der Waals surface area contributed by atoms with Crippen molar-refractivity contribution in [3.8, 4) is 0 Å². The van der Waals surface area contributed by atoms with Crippen molar-refractivity contribution in [2.24, 2.45) is 5.92 Å². The van der Waals surface area contributed by atoms with Crippen LogP contribution in [0.5, 0.6) is 0 Å². The molecule has 114 valence electrons. The van der Waals surface area contributed by atoms with Gasteiger partial charge in [-0.25, -0.2) is 0 Å². The van der Waals surface area contributed by atoms with Crippen molar-refractivity contribution in [1.29, 1.82) is 0 Å². The average molecular weight is 284 g/mol. The number of carbonyl (C=O) groups is 2. The Morgan fingerprint density at radius 1 is 1.35 bits per heavy atom. The summed E-state index contributed by atoms with van der Waals surface area (Å²) in [7, 11) is 1.36. The molecule has 6 nitrogen and oxygen atoms in total. The fraction of sp³-hybridized carbons (Fsp3) is 0.857. The van der Waals surface area contributed by atoms with Gasteiger partial charge in [-0.3, -0.25) is 9.59 Å². The van der Waals surface area contributed by atoms with E-state index in [1.807, 2.05) is 0 Å². The fourth-order valence-corrected chi connectivity index (χ4v) is 2.94. The molecule has 0 spiro atoms. The predicted molar refractivity (Wildman–Crippen MR) is 73.0 cm³/mol. The summed E-state index contributed by atoms with van der Waals surface area (Å²) in [5.74, 6) is -0.530. The van der Waals surface area contributed by atoms with Gasteiger partial charge in [0.1, 0.15) is 0 Å². The third kappa shape index (κ3) is 3.93. The second-order valence-corrected chi connectivity index (χ2v) is 5.69. The summed E-state index contributed by atoms with van der Waals surface area (Å²) in [4.78, 5) is 27.3. The van der Waals surface area contributed by atoms with Crippen molar-refractivity contribution in [1.82, 2.24) is 9.80 Å². The summed E-state index contributed by atoms with van der Waals surface area (Å²) in [5, 5.41) is 9.44. The summed E-state index contributed by atoms with van der Waals surface area (Å²) in [5.41, 5.74) is 0. The van der Waals surface area contributed by atoms with Gasteiger partial charge in [0, 0.05) is 32.6 Å². The standard InChI is InChI=1S/C14H24N2O4/c1-20-14(19)11-9-13(18)16(10-11)6-2-5-15-7-3-12(17)4-8-15/h11-12,17H,2-10H2,1H3. The Labute approximate surface area is 119 Å². The molecule has 0 saturated carbocycles. The van der Waals surface area contributed by atoms with Crippen molar-refractivity contribution in [2.45, 2.75) is 31.8 Å². The maximum Gasteiger partial charge on any atom is 0.310 e. The normalized spacial score (nSPS) is 25.2. The molecule has 1 amide bonds. The van der Waals surface area contributed by atoms with E-state index >= 15 is 0 Å². The molecule has 1 unspecified atom stereocenters. The van der Waals surface area contributed by atoms with Gasteiger partial charge in [-0.1, -0.05) is 0 Å². The van der Waals surface area contributed by atoms with Gasteiger partial charge in [0.25, 0.3) is 0 Å². The van der Waals surface area contributed by atoms with Crippen LogP contribution in [0.1, 0.15) is 25.7 Å². The van der Waals surface area contributed by atoms with Crippen LogP contribution in [0.4, 0.5) is 0 Å². The van der Waals surface area contributed by atoms with Crippen LogP contribution in [0.15, 0.2) is 0 Å². The molecule has 2 saturated heterocycles. The molecule has 2 rings (SSSR count). The van der Waals surface area contributed by atoms with E-state index in [1.54, 1.807) is 4.90 Å². The van der Waals surface area contributed by atoms with Gasteiger partial charge in [0.05, 0.1) is 19.1 Å². The number of rotatable bonds is 5. The van der Waals surface area contributed by atoms with E-state index in [2.05, 4.69) is 4.90 Å². The molecule has 6 heteroatoms. The van der Waals surface area contributed by atoms with Crippen molar-refractivity contribution in [3.05, 3.63) is 0 Å². The van der Waals surface area contributed by atoms with Gasteiger partial charge in [0.15, 0.2) is 0 Å². The van der Waals surface area contributed by atoms with Crippen LogP contribution in [0.2, 0.25) is 0 Å². The zero-order valence-corrected chi connectivity index (χ0v) is 12.1. The molecular weight excluding hydrogens is 260 g/mol. The third-order valence-corrected chi connectivity index (χ3v) is 4.21. The number of hydrogen-bond donors (Lipinski definition) is 1. The van der Waals surface area contributed by atoms with E-state index in [1.165, 1.54) is 7.11 Å². The number of aliphatic hydroxyl groups is 1. The van der Waals surface area contributed by atoms with Gasteiger partial charge in [0.2, 0.25) is 5.91 Å². The SMILES string of the molecule is COC(=O)C1CC(=O)N(CCCN2CCC(O)CC2)C1. The van der Waals surface area contributed by atoms with Crippen LogP contribution < -0.4 is 0 Å². The first-order chi connectivity index (χ1) is 9.60. The number of likely N-dealkylation sites (tertiary alicyclic amines) is 2. The summed E-state index contributed by atoms with van der Waals surface area (Å²) >= 11 is 0. The summed E-state index contributed by atoms with van der Waals surface area (Å²) in [6.07, 6.45) is 2.73. The van der Waals surface area contributed by atoms with Crippen LogP contribution in [0.3, 0.4) is 0 Å². The Bertz CT molecular complexity index is 353. The maximum atomic E-state index is 11.8. The summed E-state index contributed by atoms with van der Waals surface area (Å²) < 4.78 is 4.69. The Morgan fingerprint density at radius 3 is 2.70 bits per heavy atom. The minimum Gasteiger partial charge on any atom is -0.469 e. The van der Waals surface area contributed by atoms with Gasteiger partial charge in [-0.05, 0) is 25.8 Å². The molecule has 0 aromatic carbocycles. The number of hydrogen-bond acceptors (Lipinski definition) is 5. The lowest BCUT2D eigenvalue weighted by Gasteiger charge is -2.30. The number of amides is 1. The first-order valence-corrected chi connectivity index (χ1v) is 7.36. The zero-order valence-electron chi connectivity index (χ0n) is 12.1. The quantitative estimate of drug-likeness (QED) is 0.711. The zero-order chi connectivity index (χ0) is 14.5. The van der Waals surface area contributed by atoms with E-state index in [4.69, 9.17) is 4.74 Å². The molecule has 0 radical (unpaired) electrons. The van der Waals surface area contributed by atoms with Crippen molar-refractivity contribution < 1.29 is 19.4 Å². The topological polar surface area (TPSA) is 70.1 Å². The fourth-order valence-electron chi connectivity index (χ4n) is 2.94. The van der Waals surface area contributed by atoms with Crippen molar-refractivity contribution >= 4 is 11.9 Å². The summed E-state index contributed by atoms with van der Waals surface area (Å²) in [6, 6.07) is 0.